The molecule has 1 fully saturated rings. The van der Waals surface area contributed by atoms with Gasteiger partial charge in [-0.25, -0.2) is 15.0 Å². The molecule has 1 saturated heterocycles. The van der Waals surface area contributed by atoms with Gasteiger partial charge in [0.25, 0.3) is 5.91 Å². The molecular formula is C19H21N5OS. The lowest BCUT2D eigenvalue weighted by atomic mass is 10.2. The van der Waals surface area contributed by atoms with E-state index in [4.69, 9.17) is 0 Å². The van der Waals surface area contributed by atoms with Crippen molar-refractivity contribution in [1.82, 2.24) is 19.9 Å². The standard InChI is InChI=1S/C19H21N5OS/c1-2-5-17-22-16(12-26-17)19(25)24-10-8-23(9-11-24)18-14-6-3-4-7-15(14)20-13-21-18/h3-4,6-7,12-13H,2,5,8-11H2,1H3. The van der Waals surface area contributed by atoms with Crippen LogP contribution in [0, 0.1) is 0 Å². The topological polar surface area (TPSA) is 62.2 Å². The molecule has 3 aromatic rings. The van der Waals surface area contributed by atoms with Gasteiger partial charge in [-0.15, -0.1) is 11.3 Å². The van der Waals surface area contributed by atoms with Crippen LogP contribution in [0.1, 0.15) is 28.8 Å². The summed E-state index contributed by atoms with van der Waals surface area (Å²) >= 11 is 1.58. The number of thiazole rings is 1. The molecule has 26 heavy (non-hydrogen) atoms. The number of piperazine rings is 1. The minimum absolute atomic E-state index is 0.0378. The fourth-order valence-corrected chi connectivity index (χ4v) is 4.14. The van der Waals surface area contributed by atoms with E-state index in [1.165, 1.54) is 0 Å². The maximum atomic E-state index is 12.7. The Bertz CT molecular complexity index is 912. The number of aryl methyl sites for hydroxylation is 1. The molecule has 0 bridgehead atoms. The summed E-state index contributed by atoms with van der Waals surface area (Å²) in [6.45, 7) is 5.01. The van der Waals surface area contributed by atoms with Gasteiger partial charge in [-0.2, -0.15) is 0 Å². The second-order valence-corrected chi connectivity index (χ2v) is 7.31. The lowest BCUT2D eigenvalue weighted by molar-refractivity contribution is 0.0741. The van der Waals surface area contributed by atoms with E-state index >= 15 is 0 Å². The van der Waals surface area contributed by atoms with Crippen LogP contribution >= 0.6 is 11.3 Å². The number of rotatable bonds is 4. The van der Waals surface area contributed by atoms with Crippen molar-refractivity contribution >= 4 is 34.0 Å². The van der Waals surface area contributed by atoms with Crippen LogP contribution in [-0.2, 0) is 6.42 Å². The monoisotopic (exact) mass is 367 g/mol. The molecule has 7 heteroatoms. The van der Waals surface area contributed by atoms with Crippen molar-refractivity contribution in [2.75, 3.05) is 31.1 Å². The predicted molar refractivity (Wildman–Crippen MR) is 104 cm³/mol. The van der Waals surface area contributed by atoms with Gasteiger partial charge in [-0.05, 0) is 25.0 Å². The number of fused-ring (bicyclic) bond motifs is 1. The van der Waals surface area contributed by atoms with Gasteiger partial charge in [0.05, 0.1) is 10.5 Å². The van der Waals surface area contributed by atoms with Crippen LogP contribution in [0.4, 0.5) is 5.82 Å². The number of amides is 1. The maximum Gasteiger partial charge on any atom is 0.273 e. The maximum absolute atomic E-state index is 12.7. The van der Waals surface area contributed by atoms with E-state index in [9.17, 15) is 4.79 Å². The molecule has 0 unspecified atom stereocenters. The molecule has 0 aliphatic carbocycles. The van der Waals surface area contributed by atoms with Crippen LogP contribution < -0.4 is 4.90 Å². The number of benzene rings is 1. The average Bonchev–Trinajstić information content (AvgIpc) is 3.16. The van der Waals surface area contributed by atoms with E-state index in [0.29, 0.717) is 18.8 Å². The third-order valence-corrected chi connectivity index (χ3v) is 5.53. The molecule has 6 nitrogen and oxygen atoms in total. The number of aromatic nitrogens is 3. The zero-order chi connectivity index (χ0) is 17.9. The highest BCUT2D eigenvalue weighted by Gasteiger charge is 2.25. The second kappa shape index (κ2) is 7.37. The lowest BCUT2D eigenvalue weighted by Gasteiger charge is -2.35. The molecule has 134 valence electrons. The van der Waals surface area contributed by atoms with Crippen LogP contribution in [0.3, 0.4) is 0 Å². The van der Waals surface area contributed by atoms with Gasteiger partial charge in [0.2, 0.25) is 0 Å². The highest BCUT2D eigenvalue weighted by molar-refractivity contribution is 7.09. The molecule has 0 atom stereocenters. The molecule has 1 aliphatic rings. The Morgan fingerprint density at radius 3 is 2.77 bits per heavy atom. The number of carbonyl (C=O) groups is 1. The number of para-hydroxylation sites is 1. The molecule has 0 radical (unpaired) electrons. The Labute approximate surface area is 156 Å². The minimum atomic E-state index is 0.0378. The van der Waals surface area contributed by atoms with E-state index in [1.807, 2.05) is 34.5 Å². The number of hydrogen-bond donors (Lipinski definition) is 0. The van der Waals surface area contributed by atoms with E-state index in [0.717, 1.165) is 47.7 Å². The fourth-order valence-electron chi connectivity index (χ4n) is 3.26. The smallest absolute Gasteiger partial charge is 0.273 e. The van der Waals surface area contributed by atoms with Gasteiger partial charge in [0.15, 0.2) is 0 Å². The summed E-state index contributed by atoms with van der Waals surface area (Å²) in [5.41, 5.74) is 1.53. The molecular weight excluding hydrogens is 346 g/mol. The Balaban J connectivity index is 1.45. The first kappa shape index (κ1) is 16.9. The van der Waals surface area contributed by atoms with Crippen molar-refractivity contribution in [1.29, 1.82) is 0 Å². The molecule has 1 amide bonds. The Kier molecular flexibility index (Phi) is 4.79. The van der Waals surface area contributed by atoms with Gasteiger partial charge >= 0.3 is 0 Å². The van der Waals surface area contributed by atoms with Crippen molar-refractivity contribution < 1.29 is 4.79 Å². The predicted octanol–water partition coefficient (Wildman–Crippen LogP) is 3.00. The molecule has 0 N–H and O–H groups in total. The normalized spacial score (nSPS) is 14.8. The van der Waals surface area contributed by atoms with Crippen molar-refractivity contribution in [3.63, 3.8) is 0 Å². The molecule has 1 aromatic carbocycles. The van der Waals surface area contributed by atoms with Crippen LogP contribution in [0.5, 0.6) is 0 Å². The number of anilines is 1. The molecule has 4 rings (SSSR count). The zero-order valence-electron chi connectivity index (χ0n) is 14.8. The fraction of sp³-hybridized carbons (Fsp3) is 0.368. The van der Waals surface area contributed by atoms with Gasteiger partial charge < -0.3 is 9.80 Å². The molecule has 2 aromatic heterocycles. The zero-order valence-corrected chi connectivity index (χ0v) is 15.6. The van der Waals surface area contributed by atoms with Crippen molar-refractivity contribution in [2.24, 2.45) is 0 Å². The van der Waals surface area contributed by atoms with Crippen LogP contribution in [0.25, 0.3) is 10.9 Å². The largest absolute Gasteiger partial charge is 0.352 e. The first-order valence-electron chi connectivity index (χ1n) is 8.94. The van der Waals surface area contributed by atoms with Crippen LogP contribution in [-0.4, -0.2) is 51.9 Å². The Hall–Kier alpha value is -2.54. The summed E-state index contributed by atoms with van der Waals surface area (Å²) < 4.78 is 0. The minimum Gasteiger partial charge on any atom is -0.352 e. The molecule has 0 saturated carbocycles. The summed E-state index contributed by atoms with van der Waals surface area (Å²) in [6, 6.07) is 8.03. The van der Waals surface area contributed by atoms with E-state index in [1.54, 1.807) is 17.7 Å². The van der Waals surface area contributed by atoms with Crippen molar-refractivity contribution in [3.05, 3.63) is 46.7 Å². The third-order valence-electron chi connectivity index (χ3n) is 4.62. The van der Waals surface area contributed by atoms with E-state index in [2.05, 4.69) is 26.8 Å². The lowest BCUT2D eigenvalue weighted by Crippen LogP contribution is -2.49. The first-order valence-corrected chi connectivity index (χ1v) is 9.82. The first-order chi connectivity index (χ1) is 12.8. The highest BCUT2D eigenvalue weighted by atomic mass is 32.1. The SMILES string of the molecule is CCCc1nc(C(=O)N2CCN(c3ncnc4ccccc34)CC2)cs1. The van der Waals surface area contributed by atoms with Gasteiger partial charge in [-0.3, -0.25) is 4.79 Å². The van der Waals surface area contributed by atoms with Gasteiger partial charge in [-0.1, -0.05) is 19.1 Å². The Morgan fingerprint density at radius 1 is 1.15 bits per heavy atom. The van der Waals surface area contributed by atoms with Gasteiger partial charge in [0.1, 0.15) is 17.8 Å². The summed E-state index contributed by atoms with van der Waals surface area (Å²) in [5, 5.41) is 3.98. The summed E-state index contributed by atoms with van der Waals surface area (Å²) in [4.78, 5) is 30.1. The third kappa shape index (κ3) is 3.26. The Morgan fingerprint density at radius 2 is 1.96 bits per heavy atom. The second-order valence-electron chi connectivity index (χ2n) is 6.37. The number of nitrogens with zero attached hydrogens (tertiary/aromatic N) is 5. The summed E-state index contributed by atoms with van der Waals surface area (Å²) in [6.07, 6.45) is 3.60. The van der Waals surface area contributed by atoms with Crippen molar-refractivity contribution in [2.45, 2.75) is 19.8 Å². The van der Waals surface area contributed by atoms with Gasteiger partial charge in [0, 0.05) is 36.9 Å². The number of hydrogen-bond acceptors (Lipinski definition) is 6. The molecule has 1 aliphatic heterocycles. The molecule has 3 heterocycles. The number of carbonyl (C=O) groups excluding carboxylic acids is 1. The summed E-state index contributed by atoms with van der Waals surface area (Å²) in [5.74, 6) is 0.984. The highest BCUT2D eigenvalue weighted by Crippen LogP contribution is 2.24. The van der Waals surface area contributed by atoms with Crippen molar-refractivity contribution in [3.8, 4) is 0 Å². The quantitative estimate of drug-likeness (QED) is 0.709. The van der Waals surface area contributed by atoms with Crippen LogP contribution in [0.15, 0.2) is 36.0 Å². The van der Waals surface area contributed by atoms with Crippen LogP contribution in [0.2, 0.25) is 0 Å². The van der Waals surface area contributed by atoms with E-state index < -0.39 is 0 Å². The molecule has 0 spiro atoms. The summed E-state index contributed by atoms with van der Waals surface area (Å²) in [7, 11) is 0. The average molecular weight is 367 g/mol. The van der Waals surface area contributed by atoms with E-state index in [-0.39, 0.29) is 5.91 Å².